The third kappa shape index (κ3) is 4.03. The Morgan fingerprint density at radius 3 is 2.21 bits per heavy atom. The smallest absolute Gasteiger partial charge is 0.253 e. The van der Waals surface area contributed by atoms with E-state index in [1.807, 2.05) is 29.2 Å². The van der Waals surface area contributed by atoms with Crippen molar-refractivity contribution in [2.24, 2.45) is 5.73 Å². The van der Waals surface area contributed by atoms with E-state index in [9.17, 15) is 4.79 Å². The van der Waals surface area contributed by atoms with Gasteiger partial charge in [0.1, 0.15) is 0 Å². The van der Waals surface area contributed by atoms with Crippen molar-refractivity contribution in [2.45, 2.75) is 32.1 Å². The number of benzene rings is 1. The van der Waals surface area contributed by atoms with Crippen molar-refractivity contribution in [3.8, 4) is 0 Å². The maximum atomic E-state index is 12.4. The number of hydrogen-bond acceptors (Lipinski definition) is 2. The molecule has 1 heterocycles. The van der Waals surface area contributed by atoms with Crippen LogP contribution in [0, 0.1) is 0 Å². The summed E-state index contributed by atoms with van der Waals surface area (Å²) in [4.78, 5) is 14.8. The zero-order valence-corrected chi connectivity index (χ0v) is 11.9. The molecule has 102 valence electrons. The first-order valence-electron chi connectivity index (χ1n) is 6.83. The lowest BCUT2D eigenvalue weighted by molar-refractivity contribution is 0.0761. The van der Waals surface area contributed by atoms with E-state index in [1.54, 1.807) is 0 Å². The molecule has 3 nitrogen and oxygen atoms in total. The van der Waals surface area contributed by atoms with Gasteiger partial charge in [-0.3, -0.25) is 4.79 Å². The fourth-order valence-electron chi connectivity index (χ4n) is 2.42. The third-order valence-electron chi connectivity index (χ3n) is 3.47. The average Bonchev–Trinajstić information content (AvgIpc) is 2.67. The standard InChI is InChI=1S/C15H20N2OS/c16-14(19)11-12-5-7-13(8-6-12)15(18)17-9-3-1-2-4-10-17/h5-8H,1-4,9-11H2,(H2,16,19). The number of thiocarbonyl (C=S) groups is 1. The highest BCUT2D eigenvalue weighted by molar-refractivity contribution is 7.80. The molecule has 2 rings (SSSR count). The molecule has 0 radical (unpaired) electrons. The number of carbonyl (C=O) groups is 1. The highest BCUT2D eigenvalue weighted by Gasteiger charge is 2.16. The highest BCUT2D eigenvalue weighted by Crippen LogP contribution is 2.14. The lowest BCUT2D eigenvalue weighted by atomic mass is 10.1. The van der Waals surface area contributed by atoms with Crippen LogP contribution in [0.5, 0.6) is 0 Å². The molecule has 1 aliphatic rings. The molecule has 0 saturated carbocycles. The van der Waals surface area contributed by atoms with Crippen molar-refractivity contribution in [3.05, 3.63) is 35.4 Å². The Hall–Kier alpha value is -1.42. The Balaban J connectivity index is 2.04. The van der Waals surface area contributed by atoms with E-state index in [1.165, 1.54) is 12.8 Å². The molecule has 0 atom stereocenters. The Morgan fingerprint density at radius 1 is 1.11 bits per heavy atom. The molecule has 0 aromatic heterocycles. The second kappa shape index (κ2) is 6.66. The van der Waals surface area contributed by atoms with Gasteiger partial charge in [0.25, 0.3) is 5.91 Å². The Bertz CT molecular complexity index is 448. The number of nitrogens with zero attached hydrogens (tertiary/aromatic N) is 1. The lowest BCUT2D eigenvalue weighted by Gasteiger charge is -2.20. The molecule has 1 saturated heterocycles. The van der Waals surface area contributed by atoms with Gasteiger partial charge in [-0.1, -0.05) is 37.2 Å². The van der Waals surface area contributed by atoms with Crippen molar-refractivity contribution in [3.63, 3.8) is 0 Å². The van der Waals surface area contributed by atoms with Gasteiger partial charge in [0, 0.05) is 25.1 Å². The molecular formula is C15H20N2OS. The maximum absolute atomic E-state index is 12.4. The molecule has 1 aliphatic heterocycles. The van der Waals surface area contributed by atoms with Crippen molar-refractivity contribution in [1.82, 2.24) is 4.90 Å². The molecule has 2 N–H and O–H groups in total. The van der Waals surface area contributed by atoms with Gasteiger partial charge in [-0.15, -0.1) is 0 Å². The predicted molar refractivity (Wildman–Crippen MR) is 81.3 cm³/mol. The van der Waals surface area contributed by atoms with Crippen LogP contribution in [0.2, 0.25) is 0 Å². The summed E-state index contributed by atoms with van der Waals surface area (Å²) in [5, 5.41) is 0. The first-order valence-corrected chi connectivity index (χ1v) is 7.24. The summed E-state index contributed by atoms with van der Waals surface area (Å²) in [6.07, 6.45) is 5.29. The molecule has 1 fully saturated rings. The van der Waals surface area contributed by atoms with Crippen LogP contribution in [-0.4, -0.2) is 28.9 Å². The zero-order chi connectivity index (χ0) is 13.7. The molecule has 0 aliphatic carbocycles. The minimum Gasteiger partial charge on any atom is -0.393 e. The number of likely N-dealkylation sites (tertiary alicyclic amines) is 1. The highest BCUT2D eigenvalue weighted by atomic mass is 32.1. The van der Waals surface area contributed by atoms with Crippen LogP contribution in [0.3, 0.4) is 0 Å². The van der Waals surface area contributed by atoms with Gasteiger partial charge in [-0.25, -0.2) is 0 Å². The quantitative estimate of drug-likeness (QED) is 0.863. The molecule has 4 heteroatoms. The Kier molecular flexibility index (Phi) is 4.91. The number of nitrogens with two attached hydrogens (primary N) is 1. The third-order valence-corrected chi connectivity index (χ3v) is 3.62. The molecule has 1 amide bonds. The largest absolute Gasteiger partial charge is 0.393 e. The molecular weight excluding hydrogens is 256 g/mol. The summed E-state index contributed by atoms with van der Waals surface area (Å²) in [6, 6.07) is 7.62. The fourth-order valence-corrected chi connectivity index (χ4v) is 2.59. The van der Waals surface area contributed by atoms with Gasteiger partial charge >= 0.3 is 0 Å². The summed E-state index contributed by atoms with van der Waals surface area (Å²) >= 11 is 4.88. The van der Waals surface area contributed by atoms with E-state index in [4.69, 9.17) is 18.0 Å². The van der Waals surface area contributed by atoms with Gasteiger partial charge in [0.05, 0.1) is 4.99 Å². The monoisotopic (exact) mass is 276 g/mol. The topological polar surface area (TPSA) is 46.3 Å². The van der Waals surface area contributed by atoms with Crippen LogP contribution in [0.4, 0.5) is 0 Å². The van der Waals surface area contributed by atoms with Crippen molar-refractivity contribution >= 4 is 23.1 Å². The number of rotatable bonds is 3. The molecule has 1 aromatic carbocycles. The first kappa shape index (κ1) is 14.0. The van der Waals surface area contributed by atoms with Crippen LogP contribution in [0.15, 0.2) is 24.3 Å². The molecule has 19 heavy (non-hydrogen) atoms. The SMILES string of the molecule is NC(=S)Cc1ccc(C(=O)N2CCCCCC2)cc1. The minimum atomic E-state index is 0.142. The van der Waals surface area contributed by atoms with E-state index < -0.39 is 0 Å². The number of carbonyl (C=O) groups excluding carboxylic acids is 1. The summed E-state index contributed by atoms with van der Waals surface area (Å²) in [6.45, 7) is 1.76. The van der Waals surface area contributed by atoms with E-state index in [0.29, 0.717) is 11.4 Å². The maximum Gasteiger partial charge on any atom is 0.253 e. The van der Waals surface area contributed by atoms with Crippen molar-refractivity contribution in [2.75, 3.05) is 13.1 Å². The van der Waals surface area contributed by atoms with Crippen LogP contribution >= 0.6 is 12.2 Å². The summed E-state index contributed by atoms with van der Waals surface area (Å²) in [5.41, 5.74) is 7.33. The second-order valence-electron chi connectivity index (χ2n) is 5.05. The average molecular weight is 276 g/mol. The van der Waals surface area contributed by atoms with Crippen LogP contribution in [0.25, 0.3) is 0 Å². The van der Waals surface area contributed by atoms with Gasteiger partial charge in [0.15, 0.2) is 0 Å². The molecule has 0 bridgehead atoms. The summed E-state index contributed by atoms with van der Waals surface area (Å²) < 4.78 is 0. The molecule has 0 unspecified atom stereocenters. The number of amides is 1. The van der Waals surface area contributed by atoms with Gasteiger partial charge < -0.3 is 10.6 Å². The normalized spacial score (nSPS) is 15.9. The molecule has 1 aromatic rings. The summed E-state index contributed by atoms with van der Waals surface area (Å²) in [7, 11) is 0. The van der Waals surface area contributed by atoms with Gasteiger partial charge in [-0.05, 0) is 30.5 Å². The minimum absolute atomic E-state index is 0.142. The second-order valence-corrected chi connectivity index (χ2v) is 5.57. The zero-order valence-electron chi connectivity index (χ0n) is 11.1. The Morgan fingerprint density at radius 2 is 1.68 bits per heavy atom. The van der Waals surface area contributed by atoms with Gasteiger partial charge in [0.2, 0.25) is 0 Å². The van der Waals surface area contributed by atoms with Crippen LogP contribution in [-0.2, 0) is 6.42 Å². The Labute approximate surface area is 119 Å². The fraction of sp³-hybridized carbons (Fsp3) is 0.467. The summed E-state index contributed by atoms with van der Waals surface area (Å²) in [5.74, 6) is 0.142. The predicted octanol–water partition coefficient (Wildman–Crippen LogP) is 2.53. The lowest BCUT2D eigenvalue weighted by Crippen LogP contribution is -2.31. The van der Waals surface area contributed by atoms with Crippen LogP contribution in [0.1, 0.15) is 41.6 Å². The van der Waals surface area contributed by atoms with E-state index in [2.05, 4.69) is 0 Å². The van der Waals surface area contributed by atoms with Gasteiger partial charge in [-0.2, -0.15) is 0 Å². The first-order chi connectivity index (χ1) is 9.16. The number of hydrogen-bond donors (Lipinski definition) is 1. The van der Waals surface area contributed by atoms with E-state index >= 15 is 0 Å². The van der Waals surface area contributed by atoms with Crippen LogP contribution < -0.4 is 5.73 Å². The molecule has 0 spiro atoms. The van der Waals surface area contributed by atoms with Crippen molar-refractivity contribution < 1.29 is 4.79 Å². The van der Waals surface area contributed by atoms with E-state index in [-0.39, 0.29) is 5.91 Å². The van der Waals surface area contributed by atoms with E-state index in [0.717, 1.165) is 37.1 Å². The van der Waals surface area contributed by atoms with Crippen molar-refractivity contribution in [1.29, 1.82) is 0 Å².